The lowest BCUT2D eigenvalue weighted by atomic mass is 9.96. The molecular formula is C18H18ClNO5. The van der Waals surface area contributed by atoms with Gasteiger partial charge in [0.2, 0.25) is 0 Å². The van der Waals surface area contributed by atoms with Gasteiger partial charge >= 0.3 is 11.9 Å². The van der Waals surface area contributed by atoms with E-state index in [1.807, 2.05) is 0 Å². The fourth-order valence-electron chi connectivity index (χ4n) is 2.18. The third-order valence-electron chi connectivity index (χ3n) is 3.43. The van der Waals surface area contributed by atoms with Crippen LogP contribution < -0.4 is 0 Å². The van der Waals surface area contributed by atoms with Gasteiger partial charge in [0.15, 0.2) is 11.6 Å². The minimum absolute atomic E-state index is 0.0508. The molecule has 0 fully saturated rings. The van der Waals surface area contributed by atoms with Gasteiger partial charge in [0.1, 0.15) is 5.57 Å². The maximum atomic E-state index is 12.4. The van der Waals surface area contributed by atoms with Crippen molar-refractivity contribution in [1.29, 1.82) is 0 Å². The predicted octanol–water partition coefficient (Wildman–Crippen LogP) is 2.76. The Labute approximate surface area is 150 Å². The summed E-state index contributed by atoms with van der Waals surface area (Å²) in [7, 11) is 6.07. The average Bonchev–Trinajstić information content (AvgIpc) is 2.60. The molecule has 1 aliphatic rings. The largest absolute Gasteiger partial charge is 0.466 e. The summed E-state index contributed by atoms with van der Waals surface area (Å²) in [6.45, 7) is 0. The molecule has 1 aromatic carbocycles. The van der Waals surface area contributed by atoms with Crippen molar-refractivity contribution in [3.05, 3.63) is 64.2 Å². The molecule has 2 rings (SSSR count). The zero-order valence-corrected chi connectivity index (χ0v) is 15.1. The van der Waals surface area contributed by atoms with Crippen LogP contribution in [0.5, 0.6) is 0 Å². The summed E-state index contributed by atoms with van der Waals surface area (Å²) < 4.78 is 15.2. The number of ether oxygens (including phenoxy) is 3. The topological polar surface area (TPSA) is 65.1 Å². The van der Waals surface area contributed by atoms with Crippen LogP contribution in [-0.4, -0.2) is 45.2 Å². The second kappa shape index (κ2) is 7.90. The van der Waals surface area contributed by atoms with E-state index in [1.165, 1.54) is 14.2 Å². The van der Waals surface area contributed by atoms with Gasteiger partial charge in [0, 0.05) is 30.8 Å². The molecule has 0 saturated heterocycles. The molecule has 0 atom stereocenters. The maximum absolute atomic E-state index is 12.4. The fourth-order valence-corrected chi connectivity index (χ4v) is 2.31. The molecule has 0 spiro atoms. The number of hydrogen-bond acceptors (Lipinski definition) is 6. The van der Waals surface area contributed by atoms with Crippen LogP contribution in [-0.2, 0) is 23.8 Å². The number of benzene rings is 1. The second-order valence-corrected chi connectivity index (χ2v) is 5.73. The summed E-state index contributed by atoms with van der Waals surface area (Å²) in [5.41, 5.74) is 1.40. The van der Waals surface area contributed by atoms with E-state index in [4.69, 9.17) is 21.1 Å². The number of hydrogen-bond donors (Lipinski definition) is 0. The molecule has 0 aliphatic carbocycles. The summed E-state index contributed by atoms with van der Waals surface area (Å²) in [5, 5.41) is 0.568. The van der Waals surface area contributed by atoms with Gasteiger partial charge in [-0.3, -0.25) is 0 Å². The summed E-state index contributed by atoms with van der Waals surface area (Å²) in [5.74, 6) is -0.774. The van der Waals surface area contributed by atoms with Gasteiger partial charge in [-0.25, -0.2) is 9.59 Å². The van der Waals surface area contributed by atoms with Crippen LogP contribution in [0.1, 0.15) is 5.56 Å². The normalized spacial score (nSPS) is 15.4. The average molecular weight is 364 g/mol. The molecule has 0 N–H and O–H groups in total. The molecule has 0 aromatic heterocycles. The number of rotatable bonds is 4. The van der Waals surface area contributed by atoms with Crippen molar-refractivity contribution in [2.75, 3.05) is 28.3 Å². The van der Waals surface area contributed by atoms with Crippen molar-refractivity contribution < 1.29 is 23.8 Å². The number of carbonyl (C=O) groups excluding carboxylic acids is 2. The van der Waals surface area contributed by atoms with Gasteiger partial charge in [0.25, 0.3) is 0 Å². The van der Waals surface area contributed by atoms with Gasteiger partial charge in [0.05, 0.1) is 20.3 Å². The molecule has 7 heteroatoms. The Bertz CT molecular complexity index is 775. The minimum Gasteiger partial charge on any atom is -0.466 e. The van der Waals surface area contributed by atoms with E-state index in [0.717, 1.165) is 11.6 Å². The van der Waals surface area contributed by atoms with Gasteiger partial charge in [-0.05, 0) is 17.7 Å². The van der Waals surface area contributed by atoms with Gasteiger partial charge in [-0.15, -0.1) is 0 Å². The Morgan fingerprint density at radius 1 is 1.12 bits per heavy atom. The highest BCUT2D eigenvalue weighted by Gasteiger charge is 2.29. The van der Waals surface area contributed by atoms with Crippen molar-refractivity contribution in [3.63, 3.8) is 0 Å². The first kappa shape index (κ1) is 18.6. The summed E-state index contributed by atoms with van der Waals surface area (Å²) >= 11 is 5.94. The van der Waals surface area contributed by atoms with Crippen LogP contribution in [0.3, 0.4) is 0 Å². The number of halogens is 1. The molecule has 0 radical (unpaired) electrons. The number of esters is 2. The lowest BCUT2D eigenvalue weighted by molar-refractivity contribution is -0.136. The minimum atomic E-state index is -0.646. The lowest BCUT2D eigenvalue weighted by Crippen LogP contribution is -2.22. The second-order valence-electron chi connectivity index (χ2n) is 5.30. The van der Waals surface area contributed by atoms with Crippen molar-refractivity contribution in [3.8, 4) is 0 Å². The van der Waals surface area contributed by atoms with Gasteiger partial charge < -0.3 is 19.1 Å². The van der Waals surface area contributed by atoms with Crippen molar-refractivity contribution in [2.24, 2.45) is 0 Å². The van der Waals surface area contributed by atoms with E-state index >= 15 is 0 Å². The zero-order chi connectivity index (χ0) is 18.6. The van der Waals surface area contributed by atoms with Crippen LogP contribution in [0.2, 0.25) is 5.02 Å². The van der Waals surface area contributed by atoms with Gasteiger partial charge in [-0.2, -0.15) is 0 Å². The van der Waals surface area contributed by atoms with Crippen molar-refractivity contribution in [2.45, 2.75) is 0 Å². The van der Waals surface area contributed by atoms with Crippen LogP contribution in [0.4, 0.5) is 0 Å². The number of allylic oxidation sites excluding steroid dienone is 2. The molecule has 1 heterocycles. The third-order valence-corrected chi connectivity index (χ3v) is 3.69. The highest BCUT2D eigenvalue weighted by atomic mass is 35.5. The molecule has 0 saturated carbocycles. The third kappa shape index (κ3) is 4.22. The number of nitrogens with zero attached hydrogens (tertiary/aromatic N) is 1. The maximum Gasteiger partial charge on any atom is 0.342 e. The summed E-state index contributed by atoms with van der Waals surface area (Å²) in [4.78, 5) is 25.8. The van der Waals surface area contributed by atoms with E-state index in [-0.39, 0.29) is 11.3 Å². The van der Waals surface area contributed by atoms with Crippen LogP contribution in [0, 0.1) is 0 Å². The molecule has 0 amide bonds. The zero-order valence-electron chi connectivity index (χ0n) is 14.3. The lowest BCUT2D eigenvalue weighted by Gasteiger charge is -2.26. The first-order valence-electron chi connectivity index (χ1n) is 7.32. The van der Waals surface area contributed by atoms with E-state index < -0.39 is 11.9 Å². The smallest absolute Gasteiger partial charge is 0.342 e. The molecule has 0 bridgehead atoms. The standard InChI is InChI=1S/C18H18ClNO5/c1-20(2)15-9-13(11-5-7-12(19)8-6-11)17(18(22)24-4)14(25-15)10-16(21)23-3/h5-10H,1-4H3/b14-10-. The predicted molar refractivity (Wildman–Crippen MR) is 93.3 cm³/mol. The monoisotopic (exact) mass is 363 g/mol. The van der Waals surface area contributed by atoms with E-state index in [1.54, 1.807) is 49.3 Å². The van der Waals surface area contributed by atoms with Crippen molar-refractivity contribution in [1.82, 2.24) is 4.90 Å². The molecule has 0 unspecified atom stereocenters. The first-order valence-corrected chi connectivity index (χ1v) is 7.70. The first-order chi connectivity index (χ1) is 11.9. The SMILES string of the molecule is COC(=O)/C=C1\OC(N(C)C)=CC(c2ccc(Cl)cc2)=C1C(=O)OC. The Kier molecular flexibility index (Phi) is 5.88. The molecular weight excluding hydrogens is 346 g/mol. The molecule has 1 aromatic rings. The molecule has 1 aliphatic heterocycles. The van der Waals surface area contributed by atoms with Crippen molar-refractivity contribution >= 4 is 29.1 Å². The van der Waals surface area contributed by atoms with Gasteiger partial charge in [-0.1, -0.05) is 23.7 Å². The quantitative estimate of drug-likeness (QED) is 0.605. The fraction of sp³-hybridized carbons (Fsp3) is 0.222. The number of methoxy groups -OCH3 is 2. The Morgan fingerprint density at radius 2 is 1.76 bits per heavy atom. The van der Waals surface area contributed by atoms with Crippen LogP contribution >= 0.6 is 11.6 Å². The van der Waals surface area contributed by atoms with Crippen LogP contribution in [0.15, 0.2) is 53.6 Å². The molecule has 132 valence electrons. The Morgan fingerprint density at radius 3 is 2.28 bits per heavy atom. The van der Waals surface area contributed by atoms with Crippen LogP contribution in [0.25, 0.3) is 5.57 Å². The van der Waals surface area contributed by atoms with E-state index in [0.29, 0.717) is 16.5 Å². The molecule has 6 nitrogen and oxygen atoms in total. The Hall–Kier alpha value is -2.73. The highest BCUT2D eigenvalue weighted by Crippen LogP contribution is 2.34. The molecule has 25 heavy (non-hydrogen) atoms. The summed E-state index contributed by atoms with van der Waals surface area (Å²) in [6, 6.07) is 6.96. The van der Waals surface area contributed by atoms with E-state index in [2.05, 4.69) is 4.74 Å². The highest BCUT2D eigenvalue weighted by molar-refractivity contribution is 6.30. The Balaban J connectivity index is 2.73. The van der Waals surface area contributed by atoms with E-state index in [9.17, 15) is 9.59 Å². The number of carbonyl (C=O) groups is 2. The summed E-state index contributed by atoms with van der Waals surface area (Å²) in [6.07, 6.45) is 2.81.